The normalized spacial score (nSPS) is 18.0. The van der Waals surface area contributed by atoms with E-state index in [4.69, 9.17) is 21.7 Å². The summed E-state index contributed by atoms with van der Waals surface area (Å²) in [6, 6.07) is 34.1. The van der Waals surface area contributed by atoms with Gasteiger partial charge in [-0.05, 0) is 84.3 Å². The molecule has 0 saturated heterocycles. The predicted octanol–water partition coefficient (Wildman–Crippen LogP) is 7.55. The molecule has 238 valence electrons. The number of carbonyl (C=O) groups is 2. The van der Waals surface area contributed by atoms with Gasteiger partial charge in [0.15, 0.2) is 5.54 Å². The number of ether oxygens (including phenoxy) is 2. The smallest absolute Gasteiger partial charge is 0.335 e. The molecule has 1 aliphatic carbocycles. The molecule has 0 spiro atoms. The molecule has 1 N–H and O–H groups in total. The van der Waals surface area contributed by atoms with Gasteiger partial charge in [-0.25, -0.2) is 4.79 Å². The number of thiocarbonyl (C=S) groups is 1. The van der Waals surface area contributed by atoms with Crippen LogP contribution < -0.4 is 15.0 Å². The number of hydrogen-bond acceptors (Lipinski definition) is 5. The molecule has 2 aliphatic rings. The van der Waals surface area contributed by atoms with E-state index in [1.807, 2.05) is 114 Å². The van der Waals surface area contributed by atoms with Gasteiger partial charge < -0.3 is 19.7 Å². The molecule has 0 bridgehead atoms. The summed E-state index contributed by atoms with van der Waals surface area (Å²) in [4.78, 5) is 29.4. The number of anilines is 1. The second-order valence-corrected chi connectivity index (χ2v) is 12.5. The SMILES string of the molecule is COC(=O)C1(NC(=S)CCC2Cc3cc(OCc4ccccc4)ccc3N2C(=O)c2ccc(Cc3ccccc3)cc2)C=CC=CC1. The Morgan fingerprint density at radius 2 is 1.60 bits per heavy atom. The van der Waals surface area contributed by atoms with Crippen LogP contribution >= 0.6 is 12.2 Å². The Bertz CT molecular complexity index is 1790. The first-order chi connectivity index (χ1) is 22.9. The first-order valence-electron chi connectivity index (χ1n) is 15.9. The van der Waals surface area contributed by atoms with Crippen LogP contribution in [0.3, 0.4) is 0 Å². The Labute approximate surface area is 281 Å². The zero-order valence-corrected chi connectivity index (χ0v) is 27.2. The van der Waals surface area contributed by atoms with Crippen LogP contribution in [0.2, 0.25) is 0 Å². The van der Waals surface area contributed by atoms with E-state index in [0.717, 1.165) is 34.5 Å². The third kappa shape index (κ3) is 7.53. The number of nitrogens with zero attached hydrogens (tertiary/aromatic N) is 1. The lowest BCUT2D eigenvalue weighted by atomic mass is 9.91. The topological polar surface area (TPSA) is 67.9 Å². The van der Waals surface area contributed by atoms with Crippen molar-refractivity contribution in [2.24, 2.45) is 0 Å². The molecule has 1 amide bonds. The lowest BCUT2D eigenvalue weighted by Gasteiger charge is -2.31. The van der Waals surface area contributed by atoms with Crippen LogP contribution in [0, 0.1) is 0 Å². The summed E-state index contributed by atoms with van der Waals surface area (Å²) in [5, 5.41) is 3.27. The zero-order valence-electron chi connectivity index (χ0n) is 26.4. The van der Waals surface area contributed by atoms with Crippen LogP contribution in [0.1, 0.15) is 51.9 Å². The lowest BCUT2D eigenvalue weighted by Crippen LogP contribution is -2.53. The first-order valence-corrected chi connectivity index (χ1v) is 16.3. The number of hydrogen-bond donors (Lipinski definition) is 1. The van der Waals surface area contributed by atoms with E-state index in [1.54, 1.807) is 6.08 Å². The molecule has 2 unspecified atom stereocenters. The Hall–Kier alpha value is -5.01. The highest BCUT2D eigenvalue weighted by molar-refractivity contribution is 7.80. The van der Waals surface area contributed by atoms with E-state index in [2.05, 4.69) is 17.4 Å². The average molecular weight is 643 g/mol. The Kier molecular flexibility index (Phi) is 9.93. The maximum absolute atomic E-state index is 14.2. The van der Waals surface area contributed by atoms with Crippen LogP contribution in [0.5, 0.6) is 5.75 Å². The summed E-state index contributed by atoms with van der Waals surface area (Å²) in [5.74, 6) is 0.327. The maximum atomic E-state index is 14.2. The number of benzene rings is 4. The van der Waals surface area contributed by atoms with E-state index in [-0.39, 0.29) is 17.9 Å². The van der Waals surface area contributed by atoms with Gasteiger partial charge in [0.2, 0.25) is 0 Å². The molecule has 47 heavy (non-hydrogen) atoms. The van der Waals surface area contributed by atoms with Gasteiger partial charge in [0, 0.05) is 23.7 Å². The quantitative estimate of drug-likeness (QED) is 0.135. The largest absolute Gasteiger partial charge is 0.489 e. The highest BCUT2D eigenvalue weighted by Crippen LogP contribution is 2.38. The minimum absolute atomic E-state index is 0.0526. The summed E-state index contributed by atoms with van der Waals surface area (Å²) >= 11 is 5.76. The minimum Gasteiger partial charge on any atom is -0.489 e. The van der Waals surface area contributed by atoms with Gasteiger partial charge in [0.05, 0.1) is 12.1 Å². The molecule has 6 rings (SSSR count). The third-order valence-electron chi connectivity index (χ3n) is 8.73. The standard InChI is InChI=1S/C40H38N2O4S/c1-45-39(44)40(23-9-4-10-24-40)41-37(47)22-19-34-26-33-27-35(46-28-31-13-7-3-8-14-31)20-21-36(33)42(34)38(43)32-17-15-30(16-18-32)25-29-11-5-2-6-12-29/h2-18,20-21,23,27,34H,19,22,24-26,28H2,1H3,(H,41,47). The Balaban J connectivity index is 1.20. The van der Waals surface area contributed by atoms with Gasteiger partial charge in [-0.2, -0.15) is 0 Å². The molecule has 1 heterocycles. The molecule has 0 fully saturated rings. The van der Waals surface area contributed by atoms with Gasteiger partial charge >= 0.3 is 5.97 Å². The Morgan fingerprint density at radius 3 is 2.28 bits per heavy atom. The van der Waals surface area contributed by atoms with Crippen molar-refractivity contribution in [1.29, 1.82) is 0 Å². The fraction of sp³-hybridized carbons (Fsp3) is 0.225. The number of carbonyl (C=O) groups excluding carboxylic acids is 2. The first kappa shape index (κ1) is 32.0. The molecular formula is C40H38N2O4S. The van der Waals surface area contributed by atoms with E-state index < -0.39 is 5.54 Å². The number of methoxy groups -OCH3 is 1. The Morgan fingerprint density at radius 1 is 0.894 bits per heavy atom. The van der Waals surface area contributed by atoms with Gasteiger partial charge in [0.25, 0.3) is 5.91 Å². The van der Waals surface area contributed by atoms with E-state index in [1.165, 1.54) is 12.7 Å². The highest BCUT2D eigenvalue weighted by Gasteiger charge is 2.39. The number of fused-ring (bicyclic) bond motifs is 1. The maximum Gasteiger partial charge on any atom is 0.335 e. The van der Waals surface area contributed by atoms with Crippen LogP contribution in [-0.4, -0.2) is 35.6 Å². The molecule has 2 atom stereocenters. The second kappa shape index (κ2) is 14.6. The molecular weight excluding hydrogens is 605 g/mol. The summed E-state index contributed by atoms with van der Waals surface area (Å²) in [7, 11) is 1.38. The minimum atomic E-state index is -1.03. The zero-order chi connectivity index (χ0) is 32.6. The van der Waals surface area contributed by atoms with Crippen molar-refractivity contribution in [3.63, 3.8) is 0 Å². The van der Waals surface area contributed by atoms with Crippen molar-refractivity contribution < 1.29 is 19.1 Å². The van der Waals surface area contributed by atoms with Gasteiger partial charge in [-0.1, -0.05) is 103 Å². The van der Waals surface area contributed by atoms with Crippen LogP contribution in [0.15, 0.2) is 127 Å². The molecule has 0 aromatic heterocycles. The van der Waals surface area contributed by atoms with E-state index >= 15 is 0 Å². The van der Waals surface area contributed by atoms with Gasteiger partial charge in [-0.15, -0.1) is 0 Å². The molecule has 6 nitrogen and oxygen atoms in total. The van der Waals surface area contributed by atoms with Crippen molar-refractivity contribution in [1.82, 2.24) is 5.32 Å². The molecule has 4 aromatic carbocycles. The summed E-state index contributed by atoms with van der Waals surface area (Å²) < 4.78 is 11.2. The highest BCUT2D eigenvalue weighted by atomic mass is 32.1. The van der Waals surface area contributed by atoms with Crippen molar-refractivity contribution in [2.75, 3.05) is 12.0 Å². The molecule has 0 radical (unpaired) electrons. The summed E-state index contributed by atoms with van der Waals surface area (Å²) in [5.41, 5.74) is 5.01. The van der Waals surface area contributed by atoms with Crippen molar-refractivity contribution in [2.45, 2.75) is 50.3 Å². The average Bonchev–Trinajstić information content (AvgIpc) is 3.48. The lowest BCUT2D eigenvalue weighted by molar-refractivity contribution is -0.145. The number of nitrogens with one attached hydrogen (secondary N) is 1. The number of rotatable bonds is 11. The number of esters is 1. The molecule has 1 aliphatic heterocycles. The van der Waals surface area contributed by atoms with Crippen LogP contribution in [0.25, 0.3) is 0 Å². The molecule has 4 aromatic rings. The van der Waals surface area contributed by atoms with Crippen molar-refractivity contribution in [3.8, 4) is 5.75 Å². The third-order valence-corrected chi connectivity index (χ3v) is 9.04. The van der Waals surface area contributed by atoms with Crippen molar-refractivity contribution >= 4 is 34.8 Å². The fourth-order valence-electron chi connectivity index (χ4n) is 6.28. The molecule has 7 heteroatoms. The van der Waals surface area contributed by atoms with Gasteiger partial charge in [0.1, 0.15) is 12.4 Å². The summed E-state index contributed by atoms with van der Waals surface area (Å²) in [6.45, 7) is 0.465. The van der Waals surface area contributed by atoms with E-state index in [9.17, 15) is 9.59 Å². The van der Waals surface area contributed by atoms with Gasteiger partial charge in [-0.3, -0.25) is 4.79 Å². The number of amides is 1. The fourth-order valence-corrected chi connectivity index (χ4v) is 6.58. The molecule has 0 saturated carbocycles. The number of allylic oxidation sites excluding steroid dienone is 2. The van der Waals surface area contributed by atoms with Crippen LogP contribution in [-0.2, 0) is 29.0 Å². The monoisotopic (exact) mass is 642 g/mol. The van der Waals surface area contributed by atoms with E-state index in [0.29, 0.717) is 42.8 Å². The summed E-state index contributed by atoms with van der Waals surface area (Å²) in [6.07, 6.45) is 10.5. The van der Waals surface area contributed by atoms with Crippen molar-refractivity contribution in [3.05, 3.63) is 155 Å². The predicted molar refractivity (Wildman–Crippen MR) is 190 cm³/mol. The second-order valence-electron chi connectivity index (χ2n) is 12.0. The van der Waals surface area contributed by atoms with Crippen LogP contribution in [0.4, 0.5) is 5.69 Å².